The van der Waals surface area contributed by atoms with Crippen LogP contribution in [0, 0.1) is 12.3 Å². The summed E-state index contributed by atoms with van der Waals surface area (Å²) < 4.78 is 134. The Morgan fingerprint density at radius 3 is 1.26 bits per heavy atom. The molecule has 12 heteroatoms. The molecule has 0 aliphatic rings. The second-order valence-corrected chi connectivity index (χ2v) is 2.93. The van der Waals surface area contributed by atoms with Crippen molar-refractivity contribution in [3.8, 4) is 12.3 Å². The van der Waals surface area contributed by atoms with E-state index in [0.717, 1.165) is 0 Å². The van der Waals surface area contributed by atoms with Crippen LogP contribution < -0.4 is 0 Å². The van der Waals surface area contributed by atoms with E-state index in [1.54, 1.807) is 0 Å². The van der Waals surface area contributed by atoms with Crippen molar-refractivity contribution >= 4 is 0 Å². The van der Waals surface area contributed by atoms with E-state index in [0.29, 0.717) is 0 Å². The molecule has 0 fully saturated rings. The number of rotatable bonds is 3. The summed E-state index contributed by atoms with van der Waals surface area (Å²) in [6.07, 6.45) is -16.5. The molecule has 19 heavy (non-hydrogen) atoms. The Labute approximate surface area is 96.9 Å². The first-order chi connectivity index (χ1) is 8.02. The van der Waals surface area contributed by atoms with Crippen LogP contribution >= 0.6 is 0 Å². The van der Waals surface area contributed by atoms with E-state index >= 15 is 0 Å². The maximum absolute atomic E-state index is 12.7. The maximum Gasteiger partial charge on any atom is 0.462 e. The van der Waals surface area contributed by atoms with Crippen molar-refractivity contribution in [2.75, 3.05) is 0 Å². The largest absolute Gasteiger partial charge is 0.462 e. The van der Waals surface area contributed by atoms with Gasteiger partial charge in [0.2, 0.25) is 0 Å². The van der Waals surface area contributed by atoms with E-state index in [1.807, 2.05) is 4.74 Å². The van der Waals surface area contributed by atoms with Gasteiger partial charge in [-0.1, -0.05) is 0 Å². The number of terminal acetylenes is 1. The normalized spacial score (nSPS) is 17.8. The third-order valence-corrected chi connectivity index (χ3v) is 1.54. The lowest BCUT2D eigenvalue weighted by atomic mass is 10.2. The topological polar surface area (TPSA) is 9.23 Å². The lowest BCUT2D eigenvalue weighted by molar-refractivity contribution is -0.471. The molecular weight excluding hydrogens is 309 g/mol. The van der Waals surface area contributed by atoms with Crippen LogP contribution in [0.25, 0.3) is 0 Å². The van der Waals surface area contributed by atoms with Crippen LogP contribution in [-0.4, -0.2) is 30.2 Å². The van der Waals surface area contributed by atoms with Crippen LogP contribution in [0.15, 0.2) is 0 Å². The highest BCUT2D eigenvalue weighted by molar-refractivity contribution is 5.07. The van der Waals surface area contributed by atoms with Gasteiger partial charge < -0.3 is 0 Å². The third kappa shape index (κ3) is 3.02. The van der Waals surface area contributed by atoms with Crippen LogP contribution in [0.1, 0.15) is 0 Å². The number of alkyl halides is 11. The Bertz CT molecular complexity index is 372. The van der Waals surface area contributed by atoms with E-state index in [-0.39, 0.29) is 5.92 Å². The smallest absolute Gasteiger partial charge is 0.259 e. The fourth-order valence-electron chi connectivity index (χ4n) is 0.575. The molecule has 0 amide bonds. The molecule has 0 N–H and O–H groups in total. The summed E-state index contributed by atoms with van der Waals surface area (Å²) in [5.41, 5.74) is 0. The number of ether oxygens (including phenoxy) is 1. The molecule has 0 saturated carbocycles. The van der Waals surface area contributed by atoms with Gasteiger partial charge in [-0.05, 0) is 5.92 Å². The minimum atomic E-state index is -7.08. The summed E-state index contributed by atoms with van der Waals surface area (Å²) >= 11 is 0. The molecule has 1 unspecified atom stereocenters. The van der Waals surface area contributed by atoms with Gasteiger partial charge in [0.25, 0.3) is 0 Å². The van der Waals surface area contributed by atoms with Gasteiger partial charge in [0.15, 0.2) is 0 Å². The van der Waals surface area contributed by atoms with E-state index in [9.17, 15) is 48.3 Å². The molecule has 1 atom stereocenters. The fourth-order valence-corrected chi connectivity index (χ4v) is 0.575. The maximum atomic E-state index is 12.7. The summed E-state index contributed by atoms with van der Waals surface area (Å²) in [6.45, 7) is 0. The molecule has 0 rings (SSSR count). The monoisotopic (exact) mass is 310 g/mol. The Morgan fingerprint density at radius 2 is 1.05 bits per heavy atom. The molecule has 0 aliphatic carbocycles. The average molecular weight is 310 g/mol. The van der Waals surface area contributed by atoms with Crippen molar-refractivity contribution in [2.45, 2.75) is 30.2 Å². The predicted molar refractivity (Wildman–Crippen MR) is 35.8 cm³/mol. The van der Waals surface area contributed by atoms with Gasteiger partial charge in [0.05, 0.1) is 0 Å². The van der Waals surface area contributed by atoms with Crippen LogP contribution in [0.4, 0.5) is 48.3 Å². The quantitative estimate of drug-likeness (QED) is 0.571. The molecule has 0 radical (unpaired) electrons. The Morgan fingerprint density at radius 1 is 0.684 bits per heavy atom. The standard InChI is InChI=1S/C7HF11O/c1-2-3(8,5(11,12)13)19-7(17,18)4(9,10)6(14,15)16/h1H. The fraction of sp³-hybridized carbons (Fsp3) is 0.714. The van der Waals surface area contributed by atoms with Crippen molar-refractivity contribution in [1.29, 1.82) is 0 Å². The zero-order valence-corrected chi connectivity index (χ0v) is 8.14. The van der Waals surface area contributed by atoms with Crippen LogP contribution in [0.5, 0.6) is 0 Å². The third-order valence-electron chi connectivity index (χ3n) is 1.54. The predicted octanol–water partition coefficient (Wildman–Crippen LogP) is 3.65. The van der Waals surface area contributed by atoms with Crippen LogP contribution in [0.3, 0.4) is 0 Å². The van der Waals surface area contributed by atoms with Gasteiger partial charge in [-0.25, -0.2) is 0 Å². The first-order valence-electron chi connectivity index (χ1n) is 3.78. The van der Waals surface area contributed by atoms with Crippen molar-refractivity contribution < 1.29 is 53.0 Å². The van der Waals surface area contributed by atoms with E-state index in [2.05, 4.69) is 6.42 Å². The summed E-state index contributed by atoms with van der Waals surface area (Å²) in [6, 6.07) is 0. The number of halogens is 11. The zero-order valence-electron chi connectivity index (χ0n) is 8.14. The minimum absolute atomic E-state index is 0.0965. The van der Waals surface area contributed by atoms with Gasteiger partial charge in [-0.15, -0.1) is 6.42 Å². The van der Waals surface area contributed by atoms with Crippen LogP contribution in [0.2, 0.25) is 0 Å². The SMILES string of the molecule is C#CC(F)(OC(F)(F)C(F)(F)C(F)(F)F)C(F)(F)F. The Balaban J connectivity index is 5.57. The second-order valence-electron chi connectivity index (χ2n) is 2.93. The number of hydrogen-bond acceptors (Lipinski definition) is 1. The molecule has 0 aromatic rings. The van der Waals surface area contributed by atoms with Gasteiger partial charge in [0, 0.05) is 0 Å². The molecule has 0 saturated heterocycles. The highest BCUT2D eigenvalue weighted by atomic mass is 19.4. The van der Waals surface area contributed by atoms with E-state index < -0.39 is 30.2 Å². The molecule has 0 aliphatic heterocycles. The lowest BCUT2D eigenvalue weighted by Gasteiger charge is -2.32. The summed E-state index contributed by atoms with van der Waals surface area (Å²) in [5, 5.41) is 0. The number of hydrogen-bond donors (Lipinski definition) is 0. The summed E-state index contributed by atoms with van der Waals surface area (Å²) in [5.74, 6) is -13.0. The van der Waals surface area contributed by atoms with Gasteiger partial charge >= 0.3 is 30.2 Å². The molecule has 0 aromatic carbocycles. The second kappa shape index (κ2) is 4.39. The molecule has 1 nitrogen and oxygen atoms in total. The van der Waals surface area contributed by atoms with Crippen molar-refractivity contribution in [1.82, 2.24) is 0 Å². The molecule has 0 aromatic heterocycles. The van der Waals surface area contributed by atoms with E-state index in [1.165, 1.54) is 0 Å². The van der Waals surface area contributed by atoms with Crippen LogP contribution in [-0.2, 0) is 4.74 Å². The molecule has 0 spiro atoms. The Kier molecular flexibility index (Phi) is 4.11. The zero-order chi connectivity index (χ0) is 15.9. The highest BCUT2D eigenvalue weighted by Crippen LogP contribution is 2.50. The molecular formula is C7HF11O. The summed E-state index contributed by atoms with van der Waals surface area (Å²) in [4.78, 5) is 0. The summed E-state index contributed by atoms with van der Waals surface area (Å²) in [7, 11) is 0. The highest BCUT2D eigenvalue weighted by Gasteiger charge is 2.78. The van der Waals surface area contributed by atoms with Gasteiger partial charge in [-0.3, -0.25) is 4.74 Å². The van der Waals surface area contributed by atoms with Crippen molar-refractivity contribution in [2.24, 2.45) is 0 Å². The Hall–Kier alpha value is -1.25. The van der Waals surface area contributed by atoms with Gasteiger partial charge in [0.1, 0.15) is 0 Å². The van der Waals surface area contributed by atoms with Crippen molar-refractivity contribution in [3.63, 3.8) is 0 Å². The molecule has 112 valence electrons. The minimum Gasteiger partial charge on any atom is -0.259 e. The first-order valence-corrected chi connectivity index (χ1v) is 3.78. The van der Waals surface area contributed by atoms with E-state index in [4.69, 9.17) is 0 Å². The average Bonchev–Trinajstić information content (AvgIpc) is 2.12. The first kappa shape index (κ1) is 17.8. The lowest BCUT2D eigenvalue weighted by Crippen LogP contribution is -2.58. The van der Waals surface area contributed by atoms with Crippen molar-refractivity contribution in [3.05, 3.63) is 0 Å². The molecule has 0 bridgehead atoms. The van der Waals surface area contributed by atoms with Gasteiger partial charge in [-0.2, -0.15) is 48.3 Å². The molecule has 0 heterocycles.